The Morgan fingerprint density at radius 2 is 2.50 bits per heavy atom. The molecule has 0 rings (SSSR count). The molecule has 0 aromatic carbocycles. The third kappa shape index (κ3) is 3.01. The summed E-state index contributed by atoms with van der Waals surface area (Å²) in [6.45, 7) is 3.11. The highest BCUT2D eigenvalue weighted by molar-refractivity contribution is 14.2. The summed E-state index contributed by atoms with van der Waals surface area (Å²) in [6.07, 6.45) is 3.43. The number of hydrogen-bond acceptors (Lipinski definition) is 2. The molecule has 3 heteroatoms. The Kier molecular flexibility index (Phi) is 5.05. The number of hydrogen-bond donors (Lipinski definition) is 1. The quantitative estimate of drug-likeness (QED) is 0.575. The van der Waals surface area contributed by atoms with Crippen LogP contribution in [-0.2, 0) is 0 Å². The summed E-state index contributed by atoms with van der Waals surface area (Å²) >= 11 is -0.0484. The Labute approximate surface area is 60.5 Å². The molecule has 0 atom stereocenters. The first-order valence-corrected chi connectivity index (χ1v) is 4.87. The molecule has 0 amide bonds. The molecular weight excluding hydrogens is 215 g/mol. The Morgan fingerprint density at radius 3 is 2.62 bits per heavy atom. The van der Waals surface area contributed by atoms with Crippen molar-refractivity contribution >= 4 is 25.5 Å². The number of nitrogens with zero attached hydrogens (tertiary/aromatic N) is 1. The van der Waals surface area contributed by atoms with Gasteiger partial charge in [0.25, 0.3) is 0 Å². The van der Waals surface area contributed by atoms with Gasteiger partial charge in [0.15, 0.2) is 0 Å². The lowest BCUT2D eigenvalue weighted by molar-refractivity contribution is 0.706. The summed E-state index contributed by atoms with van der Waals surface area (Å²) in [5.41, 5.74) is 5.15. The highest BCUT2D eigenvalue weighted by Crippen LogP contribution is 2.02. The minimum Gasteiger partial charge on any atom is -0.403 e. The van der Waals surface area contributed by atoms with Crippen molar-refractivity contribution in [2.75, 3.05) is 6.54 Å². The van der Waals surface area contributed by atoms with E-state index in [0.29, 0.717) is 0 Å². The van der Waals surface area contributed by atoms with Crippen LogP contribution in [0.3, 0.4) is 0 Å². The average Bonchev–Trinajstić information content (AvgIpc) is 1.83. The van der Waals surface area contributed by atoms with Gasteiger partial charge in [-0.2, -0.15) is 0 Å². The highest BCUT2D eigenvalue weighted by atomic mass is 127. The van der Waals surface area contributed by atoms with E-state index in [9.17, 15) is 0 Å². The molecule has 2 N–H and O–H groups in total. The summed E-state index contributed by atoms with van der Waals surface area (Å²) < 4.78 is 5.93. The van der Waals surface area contributed by atoms with E-state index in [-0.39, 0.29) is 21.0 Å². The van der Waals surface area contributed by atoms with Crippen molar-refractivity contribution in [2.24, 2.45) is 5.73 Å². The molecule has 48 valence electrons. The van der Waals surface area contributed by atoms with Crippen LogP contribution >= 0.6 is 21.0 Å². The van der Waals surface area contributed by atoms with Gasteiger partial charge >= 0.3 is 0 Å². The van der Waals surface area contributed by atoms with E-state index < -0.39 is 0 Å². The molecule has 0 aliphatic heterocycles. The molecule has 0 aliphatic carbocycles. The van der Waals surface area contributed by atoms with E-state index >= 15 is 0 Å². The Morgan fingerprint density at radius 1 is 1.88 bits per heavy atom. The predicted octanol–water partition coefficient (Wildman–Crippen LogP) is 1.06. The Balaban J connectivity index is 3.52. The fraction of sp³-hybridized carbons (Fsp3) is 0.400. The molecule has 0 fully saturated rings. The third-order valence-corrected chi connectivity index (χ3v) is 2.58. The lowest BCUT2D eigenvalue weighted by Crippen LogP contribution is -2.02. The molecule has 0 saturated heterocycles. The van der Waals surface area contributed by atoms with Crippen molar-refractivity contribution in [3.05, 3.63) is 12.4 Å². The first kappa shape index (κ1) is 7.94. The van der Waals surface area contributed by atoms with Crippen LogP contribution in [0.1, 0.15) is 6.92 Å². The first-order chi connectivity index (χ1) is 3.85. The minimum absolute atomic E-state index is 0.0484. The van der Waals surface area contributed by atoms with Crippen molar-refractivity contribution in [2.45, 2.75) is 6.92 Å². The van der Waals surface area contributed by atoms with Crippen LogP contribution in [-0.4, -0.2) is 14.2 Å². The third-order valence-electron chi connectivity index (χ3n) is 0.703. The van der Waals surface area contributed by atoms with Crippen LogP contribution in [0.5, 0.6) is 0 Å². The maximum Gasteiger partial charge on any atom is 0.0243 e. The van der Waals surface area contributed by atoms with Gasteiger partial charge in [0.05, 0.1) is 0 Å². The summed E-state index contributed by atoms with van der Waals surface area (Å²) in [5.74, 6) is 0. The second kappa shape index (κ2) is 5.08. The number of halogens is 1. The molecule has 8 heavy (non-hydrogen) atoms. The molecule has 0 aliphatic rings. The number of rotatable bonds is 3. The van der Waals surface area contributed by atoms with Crippen LogP contribution < -0.4 is 5.73 Å². The van der Waals surface area contributed by atoms with Gasteiger partial charge in [-0.1, -0.05) is 0 Å². The lowest BCUT2D eigenvalue weighted by Gasteiger charge is -2.07. The maximum atomic E-state index is 5.15. The van der Waals surface area contributed by atoms with E-state index in [2.05, 4.69) is 14.6 Å². The summed E-state index contributed by atoms with van der Waals surface area (Å²) in [7, 11) is 0. The van der Waals surface area contributed by atoms with Crippen LogP contribution in [0.4, 0.5) is 0 Å². The van der Waals surface area contributed by atoms with Crippen molar-refractivity contribution < 1.29 is 0 Å². The van der Waals surface area contributed by atoms with Crippen molar-refractivity contribution in [3.8, 4) is 0 Å². The highest BCUT2D eigenvalue weighted by Gasteiger charge is 1.82. The van der Waals surface area contributed by atoms with Crippen LogP contribution in [0.2, 0.25) is 0 Å². The fourth-order valence-corrected chi connectivity index (χ4v) is 1.22. The largest absolute Gasteiger partial charge is 0.403 e. The zero-order valence-electron chi connectivity index (χ0n) is 4.97. The zero-order chi connectivity index (χ0) is 6.41. The average molecular weight is 226 g/mol. The van der Waals surface area contributed by atoms with Crippen LogP contribution in [0.15, 0.2) is 12.4 Å². The maximum absolute atomic E-state index is 5.15. The molecule has 0 saturated carbocycles. The van der Waals surface area contributed by atoms with E-state index in [0.717, 1.165) is 6.54 Å². The van der Waals surface area contributed by atoms with Gasteiger partial charge in [-0.25, -0.2) is 0 Å². The standard InChI is InChI=1S/C5H11IN2/c1-3-8(6-2)5-4-7/h4-5H,2-3,7H2,1H3/b5-4-. The van der Waals surface area contributed by atoms with Crippen molar-refractivity contribution in [1.82, 2.24) is 3.11 Å². The van der Waals surface area contributed by atoms with E-state index in [4.69, 9.17) is 5.73 Å². The van der Waals surface area contributed by atoms with E-state index in [1.165, 1.54) is 0 Å². The van der Waals surface area contributed by atoms with Gasteiger partial charge < -0.3 is 8.85 Å². The molecule has 0 radical (unpaired) electrons. The van der Waals surface area contributed by atoms with Gasteiger partial charge in [-0.05, 0) is 32.4 Å². The molecule has 0 bridgehead atoms. The van der Waals surface area contributed by atoms with Crippen LogP contribution in [0.25, 0.3) is 0 Å². The second-order valence-electron chi connectivity index (χ2n) is 1.18. The van der Waals surface area contributed by atoms with Gasteiger partial charge in [0, 0.05) is 18.9 Å². The molecular formula is C5H11IN2. The normalized spacial score (nSPS) is 10.1. The van der Waals surface area contributed by atoms with Gasteiger partial charge in [-0.15, -0.1) is 0 Å². The summed E-state index contributed by atoms with van der Waals surface area (Å²) in [6, 6.07) is 0. The summed E-state index contributed by atoms with van der Waals surface area (Å²) in [5, 5.41) is 0. The topological polar surface area (TPSA) is 29.3 Å². The van der Waals surface area contributed by atoms with Crippen molar-refractivity contribution in [3.63, 3.8) is 0 Å². The smallest absolute Gasteiger partial charge is 0.0243 e. The van der Waals surface area contributed by atoms with Gasteiger partial charge in [0.1, 0.15) is 0 Å². The SMILES string of the molecule is C=IN(/C=C\N)CC. The van der Waals surface area contributed by atoms with E-state index in [1.54, 1.807) is 6.20 Å². The fourth-order valence-electron chi connectivity index (χ4n) is 0.323. The van der Waals surface area contributed by atoms with Crippen molar-refractivity contribution in [1.29, 1.82) is 0 Å². The molecule has 0 spiro atoms. The molecule has 0 aromatic heterocycles. The Bertz CT molecular complexity index is 90.4. The van der Waals surface area contributed by atoms with Crippen LogP contribution in [0, 0.1) is 0 Å². The molecule has 0 unspecified atom stereocenters. The van der Waals surface area contributed by atoms with Gasteiger partial charge in [-0.3, -0.25) is 0 Å². The zero-order valence-corrected chi connectivity index (χ0v) is 7.13. The molecule has 0 heterocycles. The minimum atomic E-state index is -0.0484. The Hall–Kier alpha value is -0.0600. The lowest BCUT2D eigenvalue weighted by atomic mass is 10.7. The molecule has 0 aromatic rings. The monoisotopic (exact) mass is 226 g/mol. The first-order valence-electron chi connectivity index (χ1n) is 2.38. The second-order valence-corrected chi connectivity index (χ2v) is 3.10. The predicted molar refractivity (Wildman–Crippen MR) is 46.8 cm³/mol. The number of nitrogens with two attached hydrogens (primary N) is 1. The van der Waals surface area contributed by atoms with E-state index in [1.807, 2.05) is 6.20 Å². The van der Waals surface area contributed by atoms with Gasteiger partial charge in [0.2, 0.25) is 0 Å². The summed E-state index contributed by atoms with van der Waals surface area (Å²) in [4.78, 5) is 0. The molecule has 2 nitrogen and oxygen atoms in total.